The zero-order valence-corrected chi connectivity index (χ0v) is 14.3. The van der Waals surface area contributed by atoms with E-state index in [4.69, 9.17) is 22.4 Å². The first kappa shape index (κ1) is 12.2. The van der Waals surface area contributed by atoms with E-state index in [0.717, 1.165) is 29.7 Å². The Balaban J connectivity index is 1.84. The van der Waals surface area contributed by atoms with Crippen LogP contribution in [-0.4, -0.2) is 31.9 Å². The second-order valence-corrected chi connectivity index (χ2v) is 6.01. The minimum atomic E-state index is -2.73. The number of aryl methyl sites for hydroxylation is 2. The molecule has 4 nitrogen and oxygen atoms in total. The van der Waals surface area contributed by atoms with Crippen LogP contribution in [0.4, 0.5) is 0 Å². The van der Waals surface area contributed by atoms with E-state index < -0.39 is 20.2 Å². The Morgan fingerprint density at radius 3 is 2.68 bits per heavy atom. The first-order valence-electron chi connectivity index (χ1n) is 11.3. The van der Waals surface area contributed by atoms with Crippen LogP contribution in [0.3, 0.4) is 0 Å². The van der Waals surface area contributed by atoms with Crippen molar-refractivity contribution in [2.24, 2.45) is 0 Å². The monoisotopic (exact) mass is 350 g/mol. The fraction of sp³-hybridized carbons (Fsp3) is 0.429. The van der Waals surface area contributed by atoms with Gasteiger partial charge in [0.25, 0.3) is 0 Å². The third-order valence-electron chi connectivity index (χ3n) is 3.91. The Bertz CT molecular complexity index is 835. The van der Waals surface area contributed by atoms with E-state index in [2.05, 4.69) is 0 Å². The van der Waals surface area contributed by atoms with Crippen LogP contribution in [0, 0.1) is 6.92 Å². The van der Waals surface area contributed by atoms with Crippen LogP contribution in [0.5, 0.6) is 17.2 Å². The molecule has 0 aliphatic carbocycles. The molecule has 0 saturated carbocycles. The molecule has 0 fully saturated rings. The lowest BCUT2D eigenvalue weighted by molar-refractivity contribution is 0.0976. The Morgan fingerprint density at radius 2 is 1.88 bits per heavy atom. The summed E-state index contributed by atoms with van der Waals surface area (Å²) in [5, 5.41) is 10.1. The van der Waals surface area contributed by atoms with E-state index in [-0.39, 0.29) is 18.1 Å². The molecule has 2 aromatic rings. The van der Waals surface area contributed by atoms with Gasteiger partial charge in [-0.25, -0.2) is 0 Å². The molecule has 0 aliphatic heterocycles. The average Bonchev–Trinajstić information content (AvgIpc) is 2.63. The fourth-order valence-electron chi connectivity index (χ4n) is 2.56. The van der Waals surface area contributed by atoms with Crippen LogP contribution in [0.1, 0.15) is 38.6 Å². The summed E-state index contributed by atoms with van der Waals surface area (Å²) >= 11 is 0. The second-order valence-electron chi connectivity index (χ2n) is 6.01. The molecule has 0 radical (unpaired) electrons. The van der Waals surface area contributed by atoms with Gasteiger partial charge >= 0.3 is 0 Å². The first-order valence-corrected chi connectivity index (χ1v) is 8.30. The van der Waals surface area contributed by atoms with Gasteiger partial charge in [-0.2, -0.15) is 0 Å². The van der Waals surface area contributed by atoms with E-state index in [1.54, 1.807) is 6.07 Å². The lowest BCUT2D eigenvalue weighted by Gasteiger charge is -2.13. The van der Waals surface area contributed by atoms with Gasteiger partial charge in [-0.1, -0.05) is 24.6 Å². The predicted octanol–water partition coefficient (Wildman–Crippen LogP) is 4.16. The minimum absolute atomic E-state index is 0.139. The number of rotatable bonds is 10. The third kappa shape index (κ3) is 6.31. The molecule has 1 N–H and O–H groups in total. The number of aliphatic hydroxyl groups is 1. The number of hydrogen-bond donors (Lipinski definition) is 1. The van der Waals surface area contributed by atoms with Crippen molar-refractivity contribution in [2.75, 3.05) is 20.7 Å². The molecule has 25 heavy (non-hydrogen) atoms. The maximum absolute atomic E-state index is 10.1. The Kier molecular flexibility index (Phi) is 4.85. The molecule has 0 bridgehead atoms. The van der Waals surface area contributed by atoms with Crippen molar-refractivity contribution in [2.45, 2.75) is 38.7 Å². The number of aliphatic hydroxyl groups excluding tert-OH is 1. The summed E-state index contributed by atoms with van der Waals surface area (Å²) < 4.78 is 58.8. The van der Waals surface area contributed by atoms with E-state index in [1.807, 2.05) is 31.2 Å². The van der Waals surface area contributed by atoms with Crippen molar-refractivity contribution >= 4 is 0 Å². The van der Waals surface area contributed by atoms with Crippen molar-refractivity contribution in [1.82, 2.24) is 0 Å². The molecular formula is C21H28O4. The van der Waals surface area contributed by atoms with Crippen LogP contribution in [0.15, 0.2) is 42.5 Å². The number of ether oxygens (including phenoxy) is 3. The number of unbranched alkanes of at least 4 members (excludes halogenated alkanes) is 1. The van der Waals surface area contributed by atoms with Gasteiger partial charge in [0.15, 0.2) is 11.5 Å². The summed E-state index contributed by atoms with van der Waals surface area (Å²) in [5.74, 6) is 0.434. The maximum Gasteiger partial charge on any atom is 0.160 e. The van der Waals surface area contributed by atoms with Gasteiger partial charge in [-0.15, -0.1) is 0 Å². The van der Waals surface area contributed by atoms with Crippen molar-refractivity contribution < 1.29 is 27.5 Å². The lowest BCUT2D eigenvalue weighted by Crippen LogP contribution is -2.17. The Morgan fingerprint density at radius 1 is 1.04 bits per heavy atom. The molecule has 0 heterocycles. The summed E-state index contributed by atoms with van der Waals surface area (Å²) in [5.41, 5.74) is 1.87. The highest BCUT2D eigenvalue weighted by atomic mass is 16.5. The highest BCUT2D eigenvalue weighted by Crippen LogP contribution is 2.28. The molecule has 1 atom stereocenters. The van der Waals surface area contributed by atoms with E-state index in [9.17, 15) is 5.11 Å². The summed E-state index contributed by atoms with van der Waals surface area (Å²) in [6.07, 6.45) is 2.06. The molecule has 0 amide bonds. The topological polar surface area (TPSA) is 47.9 Å². The zero-order valence-electron chi connectivity index (χ0n) is 20.3. The quantitative estimate of drug-likeness (QED) is 0.654. The van der Waals surface area contributed by atoms with Crippen molar-refractivity contribution in [3.05, 3.63) is 53.6 Å². The molecule has 2 rings (SSSR count). The summed E-state index contributed by atoms with van der Waals surface area (Å²) in [6, 6.07) is 12.2. The van der Waals surface area contributed by atoms with Gasteiger partial charge < -0.3 is 19.3 Å². The average molecular weight is 350 g/mol. The highest BCUT2D eigenvalue weighted by molar-refractivity contribution is 5.42. The molecule has 0 saturated heterocycles. The van der Waals surface area contributed by atoms with Crippen LogP contribution < -0.4 is 14.2 Å². The van der Waals surface area contributed by atoms with Gasteiger partial charge in [0.2, 0.25) is 0 Å². The maximum atomic E-state index is 10.1. The summed E-state index contributed by atoms with van der Waals surface area (Å²) in [6.45, 7) is 2.18. The zero-order chi connectivity index (χ0) is 23.1. The van der Waals surface area contributed by atoms with Crippen molar-refractivity contribution in [3.8, 4) is 17.2 Å². The molecule has 136 valence electrons. The number of benzene rings is 2. The van der Waals surface area contributed by atoms with Crippen molar-refractivity contribution in [3.63, 3.8) is 0 Å². The van der Waals surface area contributed by atoms with Gasteiger partial charge in [0.1, 0.15) is 12.4 Å². The van der Waals surface area contributed by atoms with Gasteiger partial charge in [0.05, 0.1) is 28.4 Å². The predicted molar refractivity (Wildman–Crippen MR) is 99.8 cm³/mol. The molecule has 2 aromatic carbocycles. The smallest absolute Gasteiger partial charge is 0.160 e. The Hall–Kier alpha value is -2.20. The van der Waals surface area contributed by atoms with Crippen LogP contribution in [-0.2, 0) is 6.42 Å². The number of methoxy groups -OCH3 is 2. The summed E-state index contributed by atoms with van der Waals surface area (Å²) in [4.78, 5) is 0. The normalized spacial score (nSPS) is 16.4. The lowest BCUT2D eigenvalue weighted by atomic mass is 10.0. The van der Waals surface area contributed by atoms with E-state index in [0.29, 0.717) is 12.8 Å². The molecule has 0 aliphatic rings. The van der Waals surface area contributed by atoms with Gasteiger partial charge in [0, 0.05) is 0 Å². The fourth-order valence-corrected chi connectivity index (χ4v) is 2.56. The molecule has 0 aromatic heterocycles. The second kappa shape index (κ2) is 9.94. The largest absolute Gasteiger partial charge is 0.493 e. The Labute approximate surface area is 158 Å². The standard InChI is InChI=1S/C21H28O4/c1-16-7-6-10-19(13-16)25-15-18(22)9-5-4-8-17-11-12-20(23-2)21(14-17)24-3/h6-7,10-14,18,22H,4-5,8-9,15H2,1-3H3/i2D3,3D3. The van der Waals surface area contributed by atoms with Gasteiger partial charge in [-0.3, -0.25) is 0 Å². The van der Waals surface area contributed by atoms with Crippen molar-refractivity contribution in [1.29, 1.82) is 0 Å². The van der Waals surface area contributed by atoms with Crippen LogP contribution in [0.25, 0.3) is 0 Å². The molecule has 0 spiro atoms. The number of hydrogen-bond acceptors (Lipinski definition) is 4. The van der Waals surface area contributed by atoms with Crippen LogP contribution in [0.2, 0.25) is 0 Å². The van der Waals surface area contributed by atoms with Crippen LogP contribution >= 0.6 is 0 Å². The molecule has 4 heteroatoms. The first-order chi connectivity index (χ1) is 14.4. The highest BCUT2D eigenvalue weighted by Gasteiger charge is 2.07. The third-order valence-corrected chi connectivity index (χ3v) is 3.91. The van der Waals surface area contributed by atoms with E-state index in [1.165, 1.54) is 12.1 Å². The van der Waals surface area contributed by atoms with Gasteiger partial charge in [-0.05, 0) is 61.6 Å². The molecular weight excluding hydrogens is 316 g/mol. The SMILES string of the molecule is [2H]C([2H])([2H])Oc1ccc(CCCCC(O)COc2cccc(C)c2)cc1OC([2H])([2H])[2H]. The summed E-state index contributed by atoms with van der Waals surface area (Å²) in [7, 11) is -5.45. The van der Waals surface area contributed by atoms with E-state index >= 15 is 0 Å². The minimum Gasteiger partial charge on any atom is -0.493 e. The molecule has 1 unspecified atom stereocenters.